The third-order valence-corrected chi connectivity index (χ3v) is 5.37. The molecule has 0 spiro atoms. The third kappa shape index (κ3) is 5.22. The maximum atomic E-state index is 12.8. The topological polar surface area (TPSA) is 54.9 Å². The van der Waals surface area contributed by atoms with Gasteiger partial charge in [-0.15, -0.1) is 10.2 Å². The first-order chi connectivity index (χ1) is 12.9. The summed E-state index contributed by atoms with van der Waals surface area (Å²) in [5.74, 6) is -0.253. The fourth-order valence-electron chi connectivity index (χ4n) is 2.42. The first-order valence-corrected chi connectivity index (χ1v) is 9.83. The Morgan fingerprint density at radius 1 is 1.04 bits per heavy atom. The number of hydrogen-bond donors (Lipinski definition) is 1. The smallest absolute Gasteiger partial charge is 0.254 e. The van der Waals surface area contributed by atoms with Gasteiger partial charge in [0.25, 0.3) is 5.91 Å². The third-order valence-electron chi connectivity index (χ3n) is 3.93. The van der Waals surface area contributed by atoms with Crippen LogP contribution in [0.3, 0.4) is 0 Å². The molecule has 1 unspecified atom stereocenters. The molecule has 4 nitrogen and oxygen atoms in total. The number of halogens is 2. The lowest BCUT2D eigenvalue weighted by molar-refractivity contribution is 0.0936. The van der Waals surface area contributed by atoms with E-state index >= 15 is 0 Å². The van der Waals surface area contributed by atoms with Crippen LogP contribution in [0.4, 0.5) is 0 Å². The highest BCUT2D eigenvalue weighted by atomic mass is 35.5. The summed E-state index contributed by atoms with van der Waals surface area (Å²) < 4.78 is 0. The van der Waals surface area contributed by atoms with Crippen LogP contribution in [-0.2, 0) is 0 Å². The molecule has 3 aromatic rings. The van der Waals surface area contributed by atoms with Gasteiger partial charge in [-0.3, -0.25) is 4.79 Å². The number of rotatable bonds is 5. The molecule has 0 aliphatic heterocycles. The normalized spacial score (nSPS) is 11.9. The second kappa shape index (κ2) is 8.74. The largest absolute Gasteiger partial charge is 0.345 e. The SMILES string of the molecule is Cc1ccc(C(C)NC(=O)c2cc(Cl)nnc2Sc2ccc(Cl)cc2)cc1. The van der Waals surface area contributed by atoms with E-state index < -0.39 is 0 Å². The molecule has 0 fully saturated rings. The minimum Gasteiger partial charge on any atom is -0.345 e. The van der Waals surface area contributed by atoms with Crippen LogP contribution in [0.5, 0.6) is 0 Å². The second-order valence-corrected chi connectivity index (χ2v) is 7.93. The number of aromatic nitrogens is 2. The van der Waals surface area contributed by atoms with Crippen molar-refractivity contribution in [2.45, 2.75) is 29.8 Å². The Balaban J connectivity index is 1.81. The zero-order valence-electron chi connectivity index (χ0n) is 14.7. The molecule has 7 heteroatoms. The van der Waals surface area contributed by atoms with Crippen LogP contribution in [0, 0.1) is 6.92 Å². The molecule has 1 aromatic heterocycles. The van der Waals surface area contributed by atoms with Gasteiger partial charge in [-0.1, -0.05) is 64.8 Å². The fourth-order valence-corrected chi connectivity index (χ4v) is 3.53. The van der Waals surface area contributed by atoms with E-state index in [4.69, 9.17) is 23.2 Å². The van der Waals surface area contributed by atoms with Gasteiger partial charge in [-0.2, -0.15) is 0 Å². The molecule has 1 heterocycles. The fraction of sp³-hybridized carbons (Fsp3) is 0.150. The minimum absolute atomic E-state index is 0.154. The number of benzene rings is 2. The highest BCUT2D eigenvalue weighted by Crippen LogP contribution is 2.30. The van der Waals surface area contributed by atoms with E-state index in [2.05, 4.69) is 15.5 Å². The van der Waals surface area contributed by atoms with Crippen molar-refractivity contribution in [3.8, 4) is 0 Å². The lowest BCUT2D eigenvalue weighted by atomic mass is 10.1. The summed E-state index contributed by atoms with van der Waals surface area (Å²) in [5.41, 5.74) is 2.58. The molecule has 0 aliphatic rings. The van der Waals surface area contributed by atoms with Crippen LogP contribution in [0.1, 0.15) is 34.5 Å². The Labute approximate surface area is 172 Å². The average molecular weight is 418 g/mol. The zero-order valence-corrected chi connectivity index (χ0v) is 17.1. The summed E-state index contributed by atoms with van der Waals surface area (Å²) >= 11 is 13.2. The molecule has 1 atom stereocenters. The molecule has 1 amide bonds. The Hall–Kier alpha value is -2.08. The first kappa shape index (κ1) is 19.7. The maximum Gasteiger partial charge on any atom is 0.254 e. The van der Waals surface area contributed by atoms with Gasteiger partial charge in [0.1, 0.15) is 5.03 Å². The Morgan fingerprint density at radius 2 is 1.70 bits per heavy atom. The highest BCUT2D eigenvalue weighted by Gasteiger charge is 2.18. The number of hydrogen-bond acceptors (Lipinski definition) is 4. The molecule has 0 saturated carbocycles. The van der Waals surface area contributed by atoms with E-state index in [9.17, 15) is 4.79 Å². The molecular weight excluding hydrogens is 401 g/mol. The van der Waals surface area contributed by atoms with Crippen LogP contribution < -0.4 is 5.32 Å². The molecule has 3 rings (SSSR count). The number of carbonyl (C=O) groups is 1. The summed E-state index contributed by atoms with van der Waals surface area (Å²) in [4.78, 5) is 13.7. The van der Waals surface area contributed by atoms with Crippen molar-refractivity contribution >= 4 is 40.9 Å². The van der Waals surface area contributed by atoms with Crippen molar-refractivity contribution in [3.05, 3.63) is 81.5 Å². The Morgan fingerprint density at radius 3 is 2.37 bits per heavy atom. The van der Waals surface area contributed by atoms with Crippen molar-refractivity contribution in [1.82, 2.24) is 15.5 Å². The van der Waals surface area contributed by atoms with Gasteiger partial charge in [-0.05, 0) is 49.7 Å². The van der Waals surface area contributed by atoms with E-state index in [-0.39, 0.29) is 17.1 Å². The van der Waals surface area contributed by atoms with Gasteiger partial charge in [0.15, 0.2) is 5.15 Å². The van der Waals surface area contributed by atoms with Gasteiger partial charge in [-0.25, -0.2) is 0 Å². The number of aryl methyl sites for hydroxylation is 1. The number of carbonyl (C=O) groups excluding carboxylic acids is 1. The molecule has 1 N–H and O–H groups in total. The molecule has 0 saturated heterocycles. The lowest BCUT2D eigenvalue weighted by Gasteiger charge is -2.16. The molecule has 2 aromatic carbocycles. The number of amides is 1. The van der Waals surface area contributed by atoms with Crippen LogP contribution in [0.2, 0.25) is 10.2 Å². The number of nitrogens with one attached hydrogen (secondary N) is 1. The van der Waals surface area contributed by atoms with Crippen LogP contribution >= 0.6 is 35.0 Å². The predicted molar refractivity (Wildman–Crippen MR) is 110 cm³/mol. The number of nitrogens with zero attached hydrogens (tertiary/aromatic N) is 2. The maximum absolute atomic E-state index is 12.8. The summed E-state index contributed by atoms with van der Waals surface area (Å²) in [6.07, 6.45) is 0. The summed E-state index contributed by atoms with van der Waals surface area (Å²) in [6, 6.07) is 16.7. The quantitative estimate of drug-likeness (QED) is 0.575. The highest BCUT2D eigenvalue weighted by molar-refractivity contribution is 7.99. The van der Waals surface area contributed by atoms with Crippen molar-refractivity contribution < 1.29 is 4.79 Å². The average Bonchev–Trinajstić information content (AvgIpc) is 2.65. The van der Waals surface area contributed by atoms with Gasteiger partial charge >= 0.3 is 0 Å². The van der Waals surface area contributed by atoms with E-state index in [1.165, 1.54) is 23.4 Å². The second-order valence-electron chi connectivity index (χ2n) is 6.05. The lowest BCUT2D eigenvalue weighted by Crippen LogP contribution is -2.27. The molecule has 0 aliphatic carbocycles. The molecule has 0 radical (unpaired) electrons. The first-order valence-electron chi connectivity index (χ1n) is 8.26. The summed E-state index contributed by atoms with van der Waals surface area (Å²) in [6.45, 7) is 3.96. The zero-order chi connectivity index (χ0) is 19.4. The summed E-state index contributed by atoms with van der Waals surface area (Å²) in [5, 5.41) is 12.3. The van der Waals surface area contributed by atoms with Crippen LogP contribution in [0.25, 0.3) is 0 Å². The van der Waals surface area contributed by atoms with E-state index in [1.54, 1.807) is 12.1 Å². The van der Waals surface area contributed by atoms with Crippen molar-refractivity contribution in [2.24, 2.45) is 0 Å². The molecule has 138 valence electrons. The summed E-state index contributed by atoms with van der Waals surface area (Å²) in [7, 11) is 0. The standard InChI is InChI=1S/C20H17Cl2N3OS/c1-12-3-5-14(6-4-12)13(2)23-19(26)17-11-18(22)24-25-20(17)27-16-9-7-15(21)8-10-16/h3-11,13H,1-2H3,(H,23,26). The van der Waals surface area contributed by atoms with Gasteiger partial charge < -0.3 is 5.32 Å². The van der Waals surface area contributed by atoms with Gasteiger partial charge in [0.05, 0.1) is 11.6 Å². The molecule has 27 heavy (non-hydrogen) atoms. The predicted octanol–water partition coefficient (Wildman–Crippen LogP) is 5.73. The van der Waals surface area contributed by atoms with Gasteiger partial charge in [0, 0.05) is 9.92 Å². The van der Waals surface area contributed by atoms with E-state index in [0.717, 1.165) is 10.5 Å². The van der Waals surface area contributed by atoms with Gasteiger partial charge in [0.2, 0.25) is 0 Å². The van der Waals surface area contributed by atoms with Crippen LogP contribution in [0.15, 0.2) is 64.5 Å². The van der Waals surface area contributed by atoms with Crippen LogP contribution in [-0.4, -0.2) is 16.1 Å². The van der Waals surface area contributed by atoms with E-state index in [0.29, 0.717) is 15.6 Å². The molecule has 0 bridgehead atoms. The van der Waals surface area contributed by atoms with Crippen molar-refractivity contribution in [3.63, 3.8) is 0 Å². The van der Waals surface area contributed by atoms with Crippen molar-refractivity contribution in [1.29, 1.82) is 0 Å². The van der Waals surface area contributed by atoms with Crippen molar-refractivity contribution in [2.75, 3.05) is 0 Å². The minimum atomic E-state index is -0.253. The monoisotopic (exact) mass is 417 g/mol. The Bertz CT molecular complexity index is 946. The molecular formula is C20H17Cl2N3OS. The Kier molecular flexibility index (Phi) is 6.37. The van der Waals surface area contributed by atoms with E-state index in [1.807, 2.05) is 50.2 Å².